The van der Waals surface area contributed by atoms with E-state index in [-0.39, 0.29) is 0 Å². The average molecular weight is 364 g/mol. The van der Waals surface area contributed by atoms with E-state index in [1.54, 1.807) is 14.2 Å². The average Bonchev–Trinajstić information content (AvgIpc) is 2.69. The van der Waals surface area contributed by atoms with Crippen molar-refractivity contribution in [3.05, 3.63) is 70.4 Å². The standard InChI is InChI=1S/C24H29NO2/c1-7-14-25-22(8-2)21(20-11-9-10-17(3)18(20)4)15-19-12-13-23(26-5)24(16-19)27-6/h8-16H,7H2,1-6H3/b21-15-,22-8-,25-14?. The normalized spacial score (nSPS) is 12.5. The molecule has 0 N–H and O–H groups in total. The number of benzene rings is 2. The quantitative estimate of drug-likeness (QED) is 0.331. The van der Waals surface area contributed by atoms with Crippen molar-refractivity contribution in [2.75, 3.05) is 14.2 Å². The highest BCUT2D eigenvalue weighted by atomic mass is 16.5. The van der Waals surface area contributed by atoms with Gasteiger partial charge in [0.1, 0.15) is 0 Å². The fourth-order valence-electron chi connectivity index (χ4n) is 2.93. The van der Waals surface area contributed by atoms with Crippen LogP contribution in [0.1, 0.15) is 42.5 Å². The largest absolute Gasteiger partial charge is 0.493 e. The number of aryl methyl sites for hydroxylation is 1. The Bertz CT molecular complexity index is 876. The lowest BCUT2D eigenvalue weighted by atomic mass is 9.93. The molecule has 0 aromatic heterocycles. The highest BCUT2D eigenvalue weighted by Crippen LogP contribution is 2.33. The van der Waals surface area contributed by atoms with Crippen LogP contribution in [0.3, 0.4) is 0 Å². The molecule has 0 spiro atoms. The molecule has 2 aromatic carbocycles. The van der Waals surface area contributed by atoms with Crippen molar-refractivity contribution in [3.8, 4) is 11.5 Å². The molecule has 3 nitrogen and oxygen atoms in total. The third-order valence-electron chi connectivity index (χ3n) is 4.58. The Morgan fingerprint density at radius 2 is 1.78 bits per heavy atom. The Balaban J connectivity index is 2.67. The third-order valence-corrected chi connectivity index (χ3v) is 4.58. The molecule has 0 aliphatic carbocycles. The van der Waals surface area contributed by atoms with Crippen molar-refractivity contribution in [3.63, 3.8) is 0 Å². The summed E-state index contributed by atoms with van der Waals surface area (Å²) >= 11 is 0. The monoisotopic (exact) mass is 363 g/mol. The first-order valence-corrected chi connectivity index (χ1v) is 9.25. The van der Waals surface area contributed by atoms with E-state index < -0.39 is 0 Å². The molecule has 2 rings (SSSR count). The Labute approximate surface area is 163 Å². The van der Waals surface area contributed by atoms with E-state index in [4.69, 9.17) is 14.5 Å². The molecule has 0 bridgehead atoms. The van der Waals surface area contributed by atoms with Crippen LogP contribution in [0.2, 0.25) is 0 Å². The zero-order valence-corrected chi connectivity index (χ0v) is 17.2. The van der Waals surface area contributed by atoms with Crippen molar-refractivity contribution >= 4 is 17.9 Å². The molecule has 0 amide bonds. The van der Waals surface area contributed by atoms with Gasteiger partial charge in [0.05, 0.1) is 19.9 Å². The first-order valence-electron chi connectivity index (χ1n) is 9.25. The molecule has 0 radical (unpaired) electrons. The molecule has 2 aromatic rings. The summed E-state index contributed by atoms with van der Waals surface area (Å²) < 4.78 is 10.8. The van der Waals surface area contributed by atoms with Gasteiger partial charge in [-0.15, -0.1) is 0 Å². The van der Waals surface area contributed by atoms with Crippen LogP contribution in [0, 0.1) is 13.8 Å². The molecule has 0 atom stereocenters. The summed E-state index contributed by atoms with van der Waals surface area (Å²) in [5.41, 5.74) is 6.80. The van der Waals surface area contributed by atoms with Gasteiger partial charge in [-0.2, -0.15) is 0 Å². The highest BCUT2D eigenvalue weighted by molar-refractivity contribution is 5.93. The fraction of sp³-hybridized carbons (Fsp3) is 0.292. The number of hydrogen-bond donors (Lipinski definition) is 0. The maximum atomic E-state index is 5.46. The van der Waals surface area contributed by atoms with Gasteiger partial charge in [0.2, 0.25) is 0 Å². The maximum Gasteiger partial charge on any atom is 0.161 e. The molecule has 0 fully saturated rings. The van der Waals surface area contributed by atoms with Crippen LogP contribution < -0.4 is 9.47 Å². The number of nitrogens with zero attached hydrogens (tertiary/aromatic N) is 1. The van der Waals surface area contributed by atoms with Gasteiger partial charge < -0.3 is 9.47 Å². The summed E-state index contributed by atoms with van der Waals surface area (Å²) in [6.45, 7) is 8.41. The molecule has 142 valence electrons. The van der Waals surface area contributed by atoms with E-state index in [0.29, 0.717) is 5.75 Å². The molecule has 0 saturated carbocycles. The Hall–Kier alpha value is -2.81. The van der Waals surface area contributed by atoms with E-state index >= 15 is 0 Å². The van der Waals surface area contributed by atoms with Gasteiger partial charge in [-0.1, -0.05) is 37.3 Å². The summed E-state index contributed by atoms with van der Waals surface area (Å²) in [6, 6.07) is 12.3. The van der Waals surface area contributed by atoms with Gasteiger partial charge in [-0.25, -0.2) is 0 Å². The lowest BCUT2D eigenvalue weighted by molar-refractivity contribution is 0.355. The first kappa shape index (κ1) is 20.5. The van der Waals surface area contributed by atoms with Gasteiger partial charge in [0.15, 0.2) is 11.5 Å². The molecule has 27 heavy (non-hydrogen) atoms. The topological polar surface area (TPSA) is 30.8 Å². The first-order chi connectivity index (χ1) is 13.0. The van der Waals surface area contributed by atoms with Crippen LogP contribution in [0.4, 0.5) is 0 Å². The van der Waals surface area contributed by atoms with Gasteiger partial charge in [0, 0.05) is 11.8 Å². The van der Waals surface area contributed by atoms with Crippen LogP contribution in [0.15, 0.2) is 53.2 Å². The van der Waals surface area contributed by atoms with E-state index in [1.165, 1.54) is 16.7 Å². The second-order valence-electron chi connectivity index (χ2n) is 6.31. The molecule has 0 saturated heterocycles. The minimum absolute atomic E-state index is 0.714. The number of allylic oxidation sites excluding steroid dienone is 2. The number of ether oxygens (including phenoxy) is 2. The summed E-state index contributed by atoms with van der Waals surface area (Å²) in [4.78, 5) is 4.69. The molecule has 0 heterocycles. The Morgan fingerprint density at radius 1 is 1.04 bits per heavy atom. The van der Waals surface area contributed by atoms with E-state index in [0.717, 1.165) is 29.0 Å². The lowest BCUT2D eigenvalue weighted by Gasteiger charge is -2.14. The molecular weight excluding hydrogens is 334 g/mol. The maximum absolute atomic E-state index is 5.46. The number of methoxy groups -OCH3 is 2. The van der Waals surface area contributed by atoms with Gasteiger partial charge in [-0.05, 0) is 67.7 Å². The molecule has 0 unspecified atom stereocenters. The van der Waals surface area contributed by atoms with Crippen LogP contribution >= 0.6 is 0 Å². The zero-order valence-electron chi connectivity index (χ0n) is 17.2. The minimum Gasteiger partial charge on any atom is -0.493 e. The smallest absolute Gasteiger partial charge is 0.161 e. The van der Waals surface area contributed by atoms with Gasteiger partial charge in [0.25, 0.3) is 0 Å². The Kier molecular flexibility index (Phi) is 7.42. The van der Waals surface area contributed by atoms with E-state index in [9.17, 15) is 0 Å². The van der Waals surface area contributed by atoms with Crippen molar-refractivity contribution in [2.24, 2.45) is 4.99 Å². The lowest BCUT2D eigenvalue weighted by Crippen LogP contribution is -1.95. The number of aliphatic imine (C=N–C) groups is 1. The molecule has 3 heteroatoms. The van der Waals surface area contributed by atoms with E-state index in [2.05, 4.69) is 51.1 Å². The van der Waals surface area contributed by atoms with Crippen LogP contribution in [-0.2, 0) is 0 Å². The van der Waals surface area contributed by atoms with Crippen molar-refractivity contribution in [1.29, 1.82) is 0 Å². The molecule has 0 aliphatic rings. The van der Waals surface area contributed by atoms with Crippen molar-refractivity contribution in [1.82, 2.24) is 0 Å². The van der Waals surface area contributed by atoms with E-state index in [1.807, 2.05) is 31.3 Å². The SMILES string of the molecule is C/C=C(N=CCC)/C(=C\c1ccc(OC)c(OC)c1)c1cccc(C)c1C. The second kappa shape index (κ2) is 9.77. The summed E-state index contributed by atoms with van der Waals surface area (Å²) in [5.74, 6) is 1.43. The van der Waals surface area contributed by atoms with Crippen LogP contribution in [0.5, 0.6) is 11.5 Å². The minimum atomic E-state index is 0.714. The summed E-state index contributed by atoms with van der Waals surface area (Å²) in [7, 11) is 3.30. The summed E-state index contributed by atoms with van der Waals surface area (Å²) in [6.07, 6.45) is 7.06. The number of hydrogen-bond acceptors (Lipinski definition) is 3. The Morgan fingerprint density at radius 3 is 2.41 bits per heavy atom. The fourth-order valence-corrected chi connectivity index (χ4v) is 2.93. The van der Waals surface area contributed by atoms with Gasteiger partial charge in [-0.3, -0.25) is 4.99 Å². The number of rotatable bonds is 7. The third kappa shape index (κ3) is 4.88. The van der Waals surface area contributed by atoms with Gasteiger partial charge >= 0.3 is 0 Å². The molecule has 0 aliphatic heterocycles. The predicted octanol–water partition coefficient (Wildman–Crippen LogP) is 6.25. The summed E-state index contributed by atoms with van der Waals surface area (Å²) in [5, 5.41) is 0. The molecular formula is C24H29NO2. The highest BCUT2D eigenvalue weighted by Gasteiger charge is 2.12. The van der Waals surface area contributed by atoms with Crippen LogP contribution in [-0.4, -0.2) is 20.4 Å². The second-order valence-corrected chi connectivity index (χ2v) is 6.31. The van der Waals surface area contributed by atoms with Crippen molar-refractivity contribution in [2.45, 2.75) is 34.1 Å². The van der Waals surface area contributed by atoms with Crippen LogP contribution in [0.25, 0.3) is 11.6 Å². The zero-order chi connectivity index (χ0) is 19.8. The van der Waals surface area contributed by atoms with Crippen molar-refractivity contribution < 1.29 is 9.47 Å². The predicted molar refractivity (Wildman–Crippen MR) is 116 cm³/mol.